The van der Waals surface area contributed by atoms with Crippen molar-refractivity contribution in [3.8, 4) is 0 Å². The fraction of sp³-hybridized carbons (Fsp3) is 0.417. The predicted molar refractivity (Wildman–Crippen MR) is 67.4 cm³/mol. The van der Waals surface area contributed by atoms with E-state index in [4.69, 9.17) is 16.3 Å². The van der Waals surface area contributed by atoms with Crippen LogP contribution in [-0.2, 0) is 9.53 Å². The van der Waals surface area contributed by atoms with Gasteiger partial charge in [0.05, 0.1) is 13.2 Å². The Morgan fingerprint density at radius 2 is 2.41 bits per heavy atom. The lowest BCUT2D eigenvalue weighted by atomic mass is 10.2. The number of ether oxygens (including phenoxy) is 1. The third-order valence-electron chi connectivity index (χ3n) is 2.70. The molecule has 1 aromatic rings. The van der Waals surface area contributed by atoms with Gasteiger partial charge in [-0.1, -0.05) is 17.7 Å². The Balaban J connectivity index is 2.04. The van der Waals surface area contributed by atoms with Gasteiger partial charge in [-0.2, -0.15) is 0 Å². The minimum absolute atomic E-state index is 0.0879. The smallest absolute Gasteiger partial charge is 0.243 e. The summed E-state index contributed by atoms with van der Waals surface area (Å²) >= 11 is 5.89. The van der Waals surface area contributed by atoms with Crippen LogP contribution in [0.3, 0.4) is 0 Å². The molecule has 2 rings (SSSR count). The van der Waals surface area contributed by atoms with Gasteiger partial charge in [0.15, 0.2) is 0 Å². The lowest BCUT2D eigenvalue weighted by molar-refractivity contribution is -0.120. The maximum Gasteiger partial charge on any atom is 0.243 e. The summed E-state index contributed by atoms with van der Waals surface area (Å²) in [6, 6.07) is 5.14. The van der Waals surface area contributed by atoms with Crippen molar-refractivity contribution in [3.05, 3.63) is 28.8 Å². The van der Waals surface area contributed by atoms with Crippen molar-refractivity contribution in [1.82, 2.24) is 5.32 Å². The summed E-state index contributed by atoms with van der Waals surface area (Å²) in [5.74, 6) is -0.0879. The molecule has 17 heavy (non-hydrogen) atoms. The number of amides is 1. The van der Waals surface area contributed by atoms with E-state index in [9.17, 15) is 4.79 Å². The molecule has 0 spiro atoms. The van der Waals surface area contributed by atoms with Crippen LogP contribution in [0.1, 0.15) is 5.56 Å². The lowest BCUT2D eigenvalue weighted by Gasteiger charge is -2.23. The molecule has 5 heteroatoms. The third kappa shape index (κ3) is 3.19. The molecule has 1 amide bonds. The average Bonchev–Trinajstić information content (AvgIpc) is 2.35. The maximum absolute atomic E-state index is 11.9. The van der Waals surface area contributed by atoms with Crippen LogP contribution in [0.2, 0.25) is 5.02 Å². The number of rotatable bonds is 2. The molecular formula is C12H15ClN2O2. The predicted octanol–water partition coefficient (Wildman–Crippen LogP) is 1.58. The summed E-state index contributed by atoms with van der Waals surface area (Å²) < 4.78 is 5.25. The van der Waals surface area contributed by atoms with Gasteiger partial charge >= 0.3 is 0 Å². The zero-order chi connectivity index (χ0) is 12.3. The van der Waals surface area contributed by atoms with Crippen LogP contribution >= 0.6 is 11.6 Å². The minimum Gasteiger partial charge on any atom is -0.378 e. The Labute approximate surface area is 105 Å². The second-order valence-electron chi connectivity index (χ2n) is 4.03. The fourth-order valence-corrected chi connectivity index (χ4v) is 1.85. The van der Waals surface area contributed by atoms with Crippen LogP contribution < -0.4 is 10.6 Å². The second-order valence-corrected chi connectivity index (χ2v) is 4.47. The van der Waals surface area contributed by atoms with Crippen LogP contribution in [0.15, 0.2) is 18.2 Å². The molecule has 1 saturated heterocycles. The highest BCUT2D eigenvalue weighted by atomic mass is 35.5. The number of hydrogen-bond donors (Lipinski definition) is 2. The van der Waals surface area contributed by atoms with E-state index >= 15 is 0 Å². The Bertz CT molecular complexity index is 417. The van der Waals surface area contributed by atoms with E-state index in [0.717, 1.165) is 11.3 Å². The number of halogens is 1. The molecule has 0 bridgehead atoms. The van der Waals surface area contributed by atoms with Gasteiger partial charge in [0.1, 0.15) is 6.04 Å². The summed E-state index contributed by atoms with van der Waals surface area (Å²) in [5.41, 5.74) is 1.73. The summed E-state index contributed by atoms with van der Waals surface area (Å²) in [6.07, 6.45) is 0. The largest absolute Gasteiger partial charge is 0.378 e. The molecular weight excluding hydrogens is 240 g/mol. The molecule has 1 heterocycles. The third-order valence-corrected chi connectivity index (χ3v) is 2.93. The topological polar surface area (TPSA) is 50.4 Å². The van der Waals surface area contributed by atoms with Crippen molar-refractivity contribution < 1.29 is 9.53 Å². The van der Waals surface area contributed by atoms with Crippen molar-refractivity contribution in [2.24, 2.45) is 0 Å². The van der Waals surface area contributed by atoms with Crippen LogP contribution in [0, 0.1) is 6.92 Å². The van der Waals surface area contributed by atoms with Gasteiger partial charge < -0.3 is 15.4 Å². The zero-order valence-corrected chi connectivity index (χ0v) is 10.4. The number of aryl methyl sites for hydroxylation is 1. The molecule has 1 aliphatic heterocycles. The molecule has 0 aromatic heterocycles. The summed E-state index contributed by atoms with van der Waals surface area (Å²) in [7, 11) is 0. The average molecular weight is 255 g/mol. The van der Waals surface area contributed by atoms with E-state index in [0.29, 0.717) is 24.8 Å². The number of carbonyl (C=O) groups excluding carboxylic acids is 1. The first kappa shape index (κ1) is 12.4. The van der Waals surface area contributed by atoms with E-state index in [1.54, 1.807) is 12.1 Å². The molecule has 1 fully saturated rings. The second kappa shape index (κ2) is 5.49. The van der Waals surface area contributed by atoms with Gasteiger partial charge in [-0.3, -0.25) is 4.79 Å². The van der Waals surface area contributed by atoms with Gasteiger partial charge in [-0.25, -0.2) is 0 Å². The first-order valence-corrected chi connectivity index (χ1v) is 5.93. The van der Waals surface area contributed by atoms with Crippen molar-refractivity contribution in [2.75, 3.05) is 25.1 Å². The van der Waals surface area contributed by atoms with E-state index in [-0.39, 0.29) is 11.9 Å². The quantitative estimate of drug-likeness (QED) is 0.843. The van der Waals surface area contributed by atoms with Crippen LogP contribution in [-0.4, -0.2) is 31.7 Å². The normalized spacial score (nSPS) is 20.0. The van der Waals surface area contributed by atoms with Crippen molar-refractivity contribution >= 4 is 23.2 Å². The monoisotopic (exact) mass is 254 g/mol. The van der Waals surface area contributed by atoms with Gasteiger partial charge in [-0.05, 0) is 24.6 Å². The Morgan fingerprint density at radius 1 is 1.59 bits per heavy atom. The van der Waals surface area contributed by atoms with Gasteiger partial charge in [-0.15, -0.1) is 0 Å². The Kier molecular flexibility index (Phi) is 3.99. The summed E-state index contributed by atoms with van der Waals surface area (Å²) in [5, 5.41) is 6.57. The molecule has 1 aliphatic rings. The number of anilines is 1. The molecule has 1 aromatic carbocycles. The Morgan fingerprint density at radius 3 is 3.12 bits per heavy atom. The number of benzene rings is 1. The highest BCUT2D eigenvalue weighted by Crippen LogP contribution is 2.20. The maximum atomic E-state index is 11.9. The van der Waals surface area contributed by atoms with E-state index in [1.165, 1.54) is 0 Å². The number of morpholine rings is 1. The van der Waals surface area contributed by atoms with Crippen LogP contribution in [0.4, 0.5) is 5.69 Å². The van der Waals surface area contributed by atoms with Gasteiger partial charge in [0, 0.05) is 17.3 Å². The molecule has 0 saturated carbocycles. The zero-order valence-electron chi connectivity index (χ0n) is 9.63. The minimum atomic E-state index is -0.290. The van der Waals surface area contributed by atoms with Crippen LogP contribution in [0.5, 0.6) is 0 Å². The number of hydrogen-bond acceptors (Lipinski definition) is 3. The summed E-state index contributed by atoms with van der Waals surface area (Å²) in [6.45, 7) is 3.69. The lowest BCUT2D eigenvalue weighted by Crippen LogP contribution is -2.48. The molecule has 2 N–H and O–H groups in total. The van der Waals surface area contributed by atoms with Gasteiger partial charge in [0.25, 0.3) is 0 Å². The van der Waals surface area contributed by atoms with E-state index in [2.05, 4.69) is 10.6 Å². The van der Waals surface area contributed by atoms with Crippen molar-refractivity contribution in [3.63, 3.8) is 0 Å². The number of carbonyl (C=O) groups is 1. The molecule has 0 radical (unpaired) electrons. The molecule has 1 atom stereocenters. The standard InChI is InChI=1S/C12H15ClN2O2/c1-8-2-3-9(13)6-10(8)15-12(16)11-7-17-5-4-14-11/h2-3,6,11,14H,4-5,7H2,1H3,(H,15,16). The fourth-order valence-electron chi connectivity index (χ4n) is 1.68. The highest BCUT2D eigenvalue weighted by molar-refractivity contribution is 6.31. The van der Waals surface area contributed by atoms with Crippen LogP contribution in [0.25, 0.3) is 0 Å². The SMILES string of the molecule is Cc1ccc(Cl)cc1NC(=O)C1COCCN1. The first-order valence-electron chi connectivity index (χ1n) is 5.55. The molecule has 92 valence electrons. The van der Waals surface area contributed by atoms with Crippen molar-refractivity contribution in [1.29, 1.82) is 0 Å². The molecule has 0 aliphatic carbocycles. The molecule has 4 nitrogen and oxygen atoms in total. The first-order chi connectivity index (χ1) is 8.16. The highest BCUT2D eigenvalue weighted by Gasteiger charge is 2.21. The van der Waals surface area contributed by atoms with E-state index < -0.39 is 0 Å². The molecule has 1 unspecified atom stereocenters. The Hall–Kier alpha value is -1.10. The van der Waals surface area contributed by atoms with E-state index in [1.807, 2.05) is 13.0 Å². The van der Waals surface area contributed by atoms with Gasteiger partial charge in [0.2, 0.25) is 5.91 Å². The van der Waals surface area contributed by atoms with Crippen molar-refractivity contribution in [2.45, 2.75) is 13.0 Å². The summed E-state index contributed by atoms with van der Waals surface area (Å²) in [4.78, 5) is 11.9. The number of nitrogens with one attached hydrogen (secondary N) is 2.